The highest BCUT2D eigenvalue weighted by molar-refractivity contribution is 6.30. The Bertz CT molecular complexity index is 1510. The number of nitrogens with one attached hydrogen (secondary N) is 1. The minimum atomic E-state index is -1.12. The van der Waals surface area contributed by atoms with Crippen molar-refractivity contribution in [2.45, 2.75) is 13.5 Å². The number of rotatable bonds is 7. The minimum absolute atomic E-state index is 0.0835. The Morgan fingerprint density at radius 3 is 2.49 bits per heavy atom. The van der Waals surface area contributed by atoms with Crippen LogP contribution < -0.4 is 21.4 Å². The fourth-order valence-corrected chi connectivity index (χ4v) is 3.38. The molecule has 0 unspecified atom stereocenters. The second kappa shape index (κ2) is 9.82. The number of carboxylic acid groups (broad SMARTS) is 1. The third-order valence-electron chi connectivity index (χ3n) is 5.13. The standard InChI is InChI=1S/C24H20ClN5O5/c1-14-11-17(7-10-20(14)35-18-8-9-19(21(31)32)26-12-18)27-22-28-23(33)29(2)24(34)30(22)13-15-3-5-16(25)6-4-15/h3-12H,13H2,1-2H3,(H,31,32)(H,27,28,33). The van der Waals surface area contributed by atoms with Crippen molar-refractivity contribution in [3.63, 3.8) is 0 Å². The van der Waals surface area contributed by atoms with Crippen molar-refractivity contribution >= 4 is 29.2 Å². The van der Waals surface area contributed by atoms with Crippen LogP contribution in [0.25, 0.3) is 0 Å². The van der Waals surface area contributed by atoms with Gasteiger partial charge in [0.2, 0.25) is 5.95 Å². The van der Waals surface area contributed by atoms with E-state index < -0.39 is 17.3 Å². The van der Waals surface area contributed by atoms with Gasteiger partial charge in [-0.3, -0.25) is 4.57 Å². The van der Waals surface area contributed by atoms with E-state index in [0.29, 0.717) is 22.2 Å². The highest BCUT2D eigenvalue weighted by atomic mass is 35.5. The molecule has 2 N–H and O–H groups in total. The molecule has 2 heterocycles. The minimum Gasteiger partial charge on any atom is -0.477 e. The highest BCUT2D eigenvalue weighted by Gasteiger charge is 2.13. The SMILES string of the molecule is Cc1cc(Nc2nc(=O)n(C)c(=O)n2Cc2ccc(Cl)cc2)ccc1Oc1ccc(C(=O)O)nc1. The third-order valence-corrected chi connectivity index (χ3v) is 5.38. The fourth-order valence-electron chi connectivity index (χ4n) is 3.25. The van der Waals surface area contributed by atoms with Gasteiger partial charge < -0.3 is 15.2 Å². The highest BCUT2D eigenvalue weighted by Crippen LogP contribution is 2.28. The molecule has 0 spiro atoms. The number of carbonyl (C=O) groups is 1. The third kappa shape index (κ3) is 5.39. The van der Waals surface area contributed by atoms with Crippen LogP contribution in [-0.2, 0) is 13.6 Å². The average molecular weight is 494 g/mol. The van der Waals surface area contributed by atoms with Gasteiger partial charge in [0, 0.05) is 17.8 Å². The van der Waals surface area contributed by atoms with Crippen LogP contribution in [0, 0.1) is 6.92 Å². The number of nitrogens with zero attached hydrogens (tertiary/aromatic N) is 4. The zero-order valence-corrected chi connectivity index (χ0v) is 19.5. The van der Waals surface area contributed by atoms with E-state index in [0.717, 1.165) is 15.7 Å². The summed E-state index contributed by atoms with van der Waals surface area (Å²) in [5, 5.41) is 12.6. The molecule has 0 radical (unpaired) electrons. The summed E-state index contributed by atoms with van der Waals surface area (Å²) in [7, 11) is 1.37. The van der Waals surface area contributed by atoms with E-state index in [1.54, 1.807) is 42.5 Å². The molecule has 4 rings (SSSR count). The molecule has 2 aromatic carbocycles. The van der Waals surface area contributed by atoms with Crippen LogP contribution in [0.2, 0.25) is 5.02 Å². The Balaban J connectivity index is 1.60. The first-order valence-electron chi connectivity index (χ1n) is 10.4. The van der Waals surface area contributed by atoms with E-state index in [-0.39, 0.29) is 18.2 Å². The Hall–Kier alpha value is -4.44. The van der Waals surface area contributed by atoms with Gasteiger partial charge >= 0.3 is 17.3 Å². The van der Waals surface area contributed by atoms with Gasteiger partial charge in [-0.2, -0.15) is 4.98 Å². The van der Waals surface area contributed by atoms with E-state index in [9.17, 15) is 14.4 Å². The number of aromatic carboxylic acids is 1. The number of carboxylic acids is 1. The quantitative estimate of drug-likeness (QED) is 0.399. The van der Waals surface area contributed by atoms with Gasteiger partial charge in [0.25, 0.3) is 0 Å². The Morgan fingerprint density at radius 2 is 1.86 bits per heavy atom. The predicted molar refractivity (Wildman–Crippen MR) is 130 cm³/mol. The zero-order chi connectivity index (χ0) is 25.1. The van der Waals surface area contributed by atoms with Crippen LogP contribution in [0.3, 0.4) is 0 Å². The molecule has 0 saturated carbocycles. The molecule has 0 aliphatic carbocycles. The molecule has 0 atom stereocenters. The van der Waals surface area contributed by atoms with E-state index in [2.05, 4.69) is 15.3 Å². The summed E-state index contributed by atoms with van der Waals surface area (Å²) in [4.78, 5) is 43.8. The maximum Gasteiger partial charge on any atom is 0.354 e. The summed E-state index contributed by atoms with van der Waals surface area (Å²) < 4.78 is 8.10. The molecule has 0 bridgehead atoms. The summed E-state index contributed by atoms with van der Waals surface area (Å²) >= 11 is 5.95. The molecule has 10 nitrogen and oxygen atoms in total. The average Bonchev–Trinajstić information content (AvgIpc) is 2.83. The molecular weight excluding hydrogens is 474 g/mol. The molecule has 0 saturated heterocycles. The molecule has 4 aromatic rings. The monoisotopic (exact) mass is 493 g/mol. The van der Waals surface area contributed by atoms with Gasteiger partial charge in [-0.05, 0) is 60.5 Å². The van der Waals surface area contributed by atoms with Gasteiger partial charge in [0.05, 0.1) is 12.7 Å². The van der Waals surface area contributed by atoms with Crippen LogP contribution in [0.4, 0.5) is 11.6 Å². The lowest BCUT2D eigenvalue weighted by atomic mass is 10.2. The topological polar surface area (TPSA) is 128 Å². The van der Waals surface area contributed by atoms with E-state index in [1.807, 2.05) is 6.92 Å². The number of halogens is 1. The van der Waals surface area contributed by atoms with Crippen LogP contribution in [-0.4, -0.2) is 30.2 Å². The van der Waals surface area contributed by atoms with E-state index >= 15 is 0 Å². The van der Waals surface area contributed by atoms with Gasteiger partial charge in [-0.15, -0.1) is 0 Å². The molecular formula is C24H20ClN5O5. The van der Waals surface area contributed by atoms with E-state index in [1.165, 1.54) is 29.9 Å². The number of hydrogen-bond acceptors (Lipinski definition) is 7. The van der Waals surface area contributed by atoms with Crippen LogP contribution in [0.1, 0.15) is 21.6 Å². The van der Waals surface area contributed by atoms with Crippen molar-refractivity contribution in [1.29, 1.82) is 0 Å². The van der Waals surface area contributed by atoms with Crippen molar-refractivity contribution in [2.75, 3.05) is 5.32 Å². The zero-order valence-electron chi connectivity index (χ0n) is 18.7. The van der Waals surface area contributed by atoms with Crippen molar-refractivity contribution < 1.29 is 14.6 Å². The normalized spacial score (nSPS) is 10.7. The van der Waals surface area contributed by atoms with Gasteiger partial charge in [0.1, 0.15) is 17.2 Å². The first-order chi connectivity index (χ1) is 16.7. The number of anilines is 2. The number of aryl methyl sites for hydroxylation is 1. The molecule has 35 heavy (non-hydrogen) atoms. The van der Waals surface area contributed by atoms with Gasteiger partial charge in [-0.1, -0.05) is 23.7 Å². The maximum absolute atomic E-state index is 12.8. The summed E-state index contributed by atoms with van der Waals surface area (Å²) in [5.74, 6) is -0.128. The van der Waals surface area contributed by atoms with Gasteiger partial charge in [-0.25, -0.2) is 23.9 Å². The number of hydrogen-bond donors (Lipinski definition) is 2. The lowest BCUT2D eigenvalue weighted by Crippen LogP contribution is -2.41. The number of benzene rings is 2. The molecule has 178 valence electrons. The van der Waals surface area contributed by atoms with Crippen LogP contribution in [0.15, 0.2) is 70.4 Å². The predicted octanol–water partition coefficient (Wildman–Crippen LogP) is 3.58. The lowest BCUT2D eigenvalue weighted by Gasteiger charge is -2.15. The number of pyridine rings is 1. The van der Waals surface area contributed by atoms with Crippen molar-refractivity contribution in [3.8, 4) is 11.5 Å². The molecule has 0 aliphatic heterocycles. The Morgan fingerprint density at radius 1 is 1.11 bits per heavy atom. The largest absolute Gasteiger partial charge is 0.477 e. The second-order valence-electron chi connectivity index (χ2n) is 7.66. The molecule has 0 aliphatic rings. The molecule has 0 amide bonds. The molecule has 11 heteroatoms. The fraction of sp³-hybridized carbons (Fsp3) is 0.125. The van der Waals surface area contributed by atoms with Crippen molar-refractivity contribution in [1.82, 2.24) is 19.1 Å². The van der Waals surface area contributed by atoms with E-state index in [4.69, 9.17) is 21.4 Å². The first-order valence-corrected chi connectivity index (χ1v) is 10.8. The van der Waals surface area contributed by atoms with Crippen molar-refractivity contribution in [2.24, 2.45) is 7.05 Å². The Kier molecular flexibility index (Phi) is 6.65. The Labute approximate surface area is 204 Å². The van der Waals surface area contributed by atoms with Crippen molar-refractivity contribution in [3.05, 3.63) is 104 Å². The summed E-state index contributed by atoms with van der Waals surface area (Å²) in [6.45, 7) is 2.00. The number of aromatic nitrogens is 4. The summed E-state index contributed by atoms with van der Waals surface area (Å²) in [5.41, 5.74) is 0.851. The summed E-state index contributed by atoms with van der Waals surface area (Å²) in [6, 6.07) is 15.1. The van der Waals surface area contributed by atoms with Gasteiger partial charge in [0.15, 0.2) is 0 Å². The smallest absolute Gasteiger partial charge is 0.354 e. The maximum atomic E-state index is 12.8. The first kappa shape index (κ1) is 23.7. The van der Waals surface area contributed by atoms with Crippen LogP contribution >= 0.6 is 11.6 Å². The summed E-state index contributed by atoms with van der Waals surface area (Å²) in [6.07, 6.45) is 1.33. The second-order valence-corrected chi connectivity index (χ2v) is 8.10. The number of ether oxygens (including phenoxy) is 1. The molecule has 2 aromatic heterocycles. The van der Waals surface area contributed by atoms with Crippen LogP contribution in [0.5, 0.6) is 11.5 Å². The molecule has 0 fully saturated rings. The lowest BCUT2D eigenvalue weighted by molar-refractivity contribution is 0.0690.